The van der Waals surface area contributed by atoms with Gasteiger partial charge in [0.2, 0.25) is 5.88 Å². The largest absolute Gasteiger partial charge is 0.474 e. The van der Waals surface area contributed by atoms with Crippen molar-refractivity contribution in [2.75, 3.05) is 0 Å². The average Bonchev–Trinajstić information content (AvgIpc) is 2.22. The van der Waals surface area contributed by atoms with E-state index in [0.29, 0.717) is 11.3 Å². The van der Waals surface area contributed by atoms with Gasteiger partial charge in [-0.25, -0.2) is 4.98 Å². The summed E-state index contributed by atoms with van der Waals surface area (Å²) in [6.07, 6.45) is 3.23. The molecular formula is C11H11BrN2O2. The highest BCUT2D eigenvalue weighted by Crippen LogP contribution is 2.26. The zero-order chi connectivity index (χ0) is 11.7. The SMILES string of the molecule is CC(C)Oc1ncc(Br)c2cc[nH]c(=O)c12. The van der Waals surface area contributed by atoms with Crippen molar-refractivity contribution in [1.29, 1.82) is 0 Å². The molecule has 4 nitrogen and oxygen atoms in total. The number of H-pyrrole nitrogens is 1. The minimum atomic E-state index is -0.193. The second-order valence-electron chi connectivity index (χ2n) is 3.67. The Labute approximate surface area is 101 Å². The van der Waals surface area contributed by atoms with Gasteiger partial charge in [-0.2, -0.15) is 0 Å². The quantitative estimate of drug-likeness (QED) is 0.921. The number of fused-ring (bicyclic) bond motifs is 1. The van der Waals surface area contributed by atoms with Crippen molar-refractivity contribution in [3.05, 3.63) is 33.3 Å². The highest BCUT2D eigenvalue weighted by molar-refractivity contribution is 9.10. The molecule has 5 heteroatoms. The maximum Gasteiger partial charge on any atom is 0.261 e. The maximum absolute atomic E-state index is 11.7. The van der Waals surface area contributed by atoms with Crippen LogP contribution in [0, 0.1) is 0 Å². The predicted octanol–water partition coefficient (Wildman–Crippen LogP) is 2.47. The number of aromatic amines is 1. The third kappa shape index (κ3) is 1.95. The zero-order valence-electron chi connectivity index (χ0n) is 8.95. The van der Waals surface area contributed by atoms with Gasteiger partial charge in [-0.1, -0.05) is 0 Å². The van der Waals surface area contributed by atoms with Crippen LogP contribution in [0.2, 0.25) is 0 Å². The van der Waals surface area contributed by atoms with Crippen molar-refractivity contribution in [2.24, 2.45) is 0 Å². The topological polar surface area (TPSA) is 55.0 Å². The molecule has 0 bridgehead atoms. The van der Waals surface area contributed by atoms with Crippen LogP contribution >= 0.6 is 15.9 Å². The average molecular weight is 283 g/mol. The van der Waals surface area contributed by atoms with E-state index in [4.69, 9.17) is 4.74 Å². The number of aromatic nitrogens is 2. The Morgan fingerprint density at radius 1 is 1.50 bits per heavy atom. The van der Waals surface area contributed by atoms with Crippen LogP contribution in [0.15, 0.2) is 27.7 Å². The molecule has 0 atom stereocenters. The normalized spacial score (nSPS) is 11.0. The van der Waals surface area contributed by atoms with Crippen LogP contribution in [-0.4, -0.2) is 16.1 Å². The lowest BCUT2D eigenvalue weighted by atomic mass is 10.2. The van der Waals surface area contributed by atoms with Crippen LogP contribution in [0.5, 0.6) is 5.88 Å². The zero-order valence-corrected chi connectivity index (χ0v) is 10.5. The number of halogens is 1. The van der Waals surface area contributed by atoms with Gasteiger partial charge < -0.3 is 9.72 Å². The summed E-state index contributed by atoms with van der Waals surface area (Å²) >= 11 is 3.36. The lowest BCUT2D eigenvalue weighted by Gasteiger charge is -2.10. The summed E-state index contributed by atoms with van der Waals surface area (Å²) in [6, 6.07) is 1.82. The van der Waals surface area contributed by atoms with Gasteiger partial charge in [-0.3, -0.25) is 4.79 Å². The summed E-state index contributed by atoms with van der Waals surface area (Å²) in [5.74, 6) is 0.370. The smallest absolute Gasteiger partial charge is 0.261 e. The minimum Gasteiger partial charge on any atom is -0.474 e. The van der Waals surface area contributed by atoms with Crippen molar-refractivity contribution >= 4 is 26.7 Å². The van der Waals surface area contributed by atoms with Crippen LogP contribution in [0.4, 0.5) is 0 Å². The Morgan fingerprint density at radius 3 is 2.94 bits per heavy atom. The number of rotatable bonds is 2. The number of pyridine rings is 2. The van der Waals surface area contributed by atoms with Gasteiger partial charge in [-0.05, 0) is 35.8 Å². The second-order valence-corrected chi connectivity index (χ2v) is 4.53. The summed E-state index contributed by atoms with van der Waals surface area (Å²) in [6.45, 7) is 3.79. The lowest BCUT2D eigenvalue weighted by Crippen LogP contribution is -2.12. The molecule has 0 aliphatic heterocycles. The number of ether oxygens (including phenoxy) is 1. The Bertz CT molecular complexity index is 578. The van der Waals surface area contributed by atoms with Crippen molar-refractivity contribution in [1.82, 2.24) is 9.97 Å². The van der Waals surface area contributed by atoms with E-state index in [1.165, 1.54) is 0 Å². The van der Waals surface area contributed by atoms with E-state index in [9.17, 15) is 4.79 Å². The molecular weight excluding hydrogens is 272 g/mol. The molecule has 0 amide bonds. The first kappa shape index (κ1) is 11.1. The highest BCUT2D eigenvalue weighted by Gasteiger charge is 2.11. The molecule has 0 unspecified atom stereocenters. The van der Waals surface area contributed by atoms with Gasteiger partial charge in [0.15, 0.2) is 0 Å². The molecule has 0 radical (unpaired) electrons. The first-order valence-corrected chi connectivity index (χ1v) is 5.71. The van der Waals surface area contributed by atoms with E-state index in [0.717, 1.165) is 9.86 Å². The van der Waals surface area contributed by atoms with Gasteiger partial charge in [-0.15, -0.1) is 0 Å². The molecule has 0 fully saturated rings. The van der Waals surface area contributed by atoms with Crippen LogP contribution < -0.4 is 10.3 Å². The van der Waals surface area contributed by atoms with Crippen LogP contribution in [0.25, 0.3) is 10.8 Å². The molecule has 2 aromatic rings. The summed E-state index contributed by atoms with van der Waals surface area (Å²) in [7, 11) is 0. The summed E-state index contributed by atoms with van der Waals surface area (Å²) < 4.78 is 6.29. The van der Waals surface area contributed by atoms with Crippen LogP contribution in [0.3, 0.4) is 0 Å². The van der Waals surface area contributed by atoms with E-state index in [-0.39, 0.29) is 11.7 Å². The molecule has 0 spiro atoms. The van der Waals surface area contributed by atoms with Gasteiger partial charge in [0.1, 0.15) is 5.39 Å². The lowest BCUT2D eigenvalue weighted by molar-refractivity contribution is 0.236. The molecule has 0 aliphatic rings. The number of hydrogen-bond acceptors (Lipinski definition) is 3. The second kappa shape index (κ2) is 4.25. The molecule has 0 aliphatic carbocycles. The molecule has 2 aromatic heterocycles. The summed E-state index contributed by atoms with van der Waals surface area (Å²) in [5.41, 5.74) is -0.193. The third-order valence-corrected chi connectivity index (χ3v) is 2.71. The Kier molecular flexibility index (Phi) is 2.96. The molecule has 1 N–H and O–H groups in total. The number of hydrogen-bond donors (Lipinski definition) is 1. The van der Waals surface area contributed by atoms with Crippen molar-refractivity contribution in [3.8, 4) is 5.88 Å². The monoisotopic (exact) mass is 282 g/mol. The van der Waals surface area contributed by atoms with Crippen LogP contribution in [0.1, 0.15) is 13.8 Å². The Morgan fingerprint density at radius 2 is 2.25 bits per heavy atom. The molecule has 0 saturated heterocycles. The van der Waals surface area contributed by atoms with Gasteiger partial charge >= 0.3 is 0 Å². The van der Waals surface area contributed by atoms with Crippen LogP contribution in [-0.2, 0) is 0 Å². The summed E-state index contributed by atoms with van der Waals surface area (Å²) in [4.78, 5) is 18.5. The molecule has 2 rings (SSSR count). The van der Waals surface area contributed by atoms with E-state index in [1.807, 2.05) is 19.9 Å². The maximum atomic E-state index is 11.7. The van der Waals surface area contributed by atoms with E-state index < -0.39 is 0 Å². The van der Waals surface area contributed by atoms with E-state index in [2.05, 4.69) is 25.9 Å². The van der Waals surface area contributed by atoms with E-state index >= 15 is 0 Å². The van der Waals surface area contributed by atoms with Gasteiger partial charge in [0, 0.05) is 22.3 Å². The first-order chi connectivity index (χ1) is 7.59. The molecule has 16 heavy (non-hydrogen) atoms. The Hall–Kier alpha value is -1.36. The standard InChI is InChI=1S/C11H11BrN2O2/c1-6(2)16-11-9-7(8(12)5-14-11)3-4-13-10(9)15/h3-6H,1-2H3,(H,13,15). The first-order valence-electron chi connectivity index (χ1n) is 4.92. The predicted molar refractivity (Wildman–Crippen MR) is 65.8 cm³/mol. The molecule has 0 saturated carbocycles. The molecule has 0 aromatic carbocycles. The summed E-state index contributed by atoms with van der Waals surface area (Å²) in [5, 5.41) is 1.28. The molecule has 2 heterocycles. The van der Waals surface area contributed by atoms with Gasteiger partial charge in [0.25, 0.3) is 5.56 Å². The number of nitrogens with zero attached hydrogens (tertiary/aromatic N) is 1. The highest BCUT2D eigenvalue weighted by atomic mass is 79.9. The minimum absolute atomic E-state index is 0.0171. The fraction of sp³-hybridized carbons (Fsp3) is 0.273. The van der Waals surface area contributed by atoms with Crippen molar-refractivity contribution in [2.45, 2.75) is 20.0 Å². The van der Waals surface area contributed by atoms with Crippen molar-refractivity contribution < 1.29 is 4.74 Å². The fourth-order valence-corrected chi connectivity index (χ4v) is 1.88. The number of nitrogens with one attached hydrogen (secondary N) is 1. The third-order valence-electron chi connectivity index (χ3n) is 2.07. The Balaban J connectivity index is 2.76. The van der Waals surface area contributed by atoms with Crippen molar-refractivity contribution in [3.63, 3.8) is 0 Å². The fourth-order valence-electron chi connectivity index (χ4n) is 1.45. The van der Waals surface area contributed by atoms with Gasteiger partial charge in [0.05, 0.1) is 6.10 Å². The van der Waals surface area contributed by atoms with E-state index in [1.54, 1.807) is 12.4 Å². The molecule has 84 valence electrons.